The number of nitrogens with zero attached hydrogens (tertiary/aromatic N) is 1. The maximum atomic E-state index is 12.9. The zero-order valence-electron chi connectivity index (χ0n) is 15.4. The van der Waals surface area contributed by atoms with Gasteiger partial charge in [-0.15, -0.1) is 0 Å². The van der Waals surface area contributed by atoms with Crippen LogP contribution in [0.4, 0.5) is 19.7 Å². The largest absolute Gasteiger partial charge is 0.338 e. The molecule has 148 valence electrons. The lowest BCUT2D eigenvalue weighted by molar-refractivity contribution is 0.164. The van der Waals surface area contributed by atoms with Gasteiger partial charge < -0.3 is 20.9 Å². The molecular weight excluding hydrogens is 367 g/mol. The minimum Gasteiger partial charge on any atom is -0.338 e. The van der Waals surface area contributed by atoms with Gasteiger partial charge in [-0.25, -0.2) is 14.0 Å². The summed E-state index contributed by atoms with van der Waals surface area (Å²) in [5, 5.41) is 8.59. The van der Waals surface area contributed by atoms with E-state index in [0.29, 0.717) is 24.7 Å². The normalized spacial score (nSPS) is 22.3. The molecule has 1 aromatic rings. The number of piperidine rings is 1. The monoisotopic (exact) mass is 394 g/mol. The highest BCUT2D eigenvalue weighted by molar-refractivity contribution is 7.99. The van der Waals surface area contributed by atoms with E-state index in [9.17, 15) is 14.0 Å². The summed E-state index contributed by atoms with van der Waals surface area (Å²) < 4.78 is 12.9. The van der Waals surface area contributed by atoms with Gasteiger partial charge in [0.2, 0.25) is 0 Å². The van der Waals surface area contributed by atoms with Gasteiger partial charge in [-0.2, -0.15) is 11.8 Å². The van der Waals surface area contributed by atoms with Crippen molar-refractivity contribution in [3.63, 3.8) is 0 Å². The molecule has 2 aliphatic rings. The van der Waals surface area contributed by atoms with Crippen LogP contribution in [0, 0.1) is 17.7 Å². The van der Waals surface area contributed by atoms with Crippen LogP contribution in [0.3, 0.4) is 0 Å². The van der Waals surface area contributed by atoms with E-state index in [1.165, 1.54) is 36.4 Å². The van der Waals surface area contributed by atoms with Gasteiger partial charge in [-0.1, -0.05) is 0 Å². The van der Waals surface area contributed by atoms with Crippen molar-refractivity contribution in [3.8, 4) is 0 Å². The van der Waals surface area contributed by atoms with Crippen molar-refractivity contribution in [2.75, 3.05) is 43.0 Å². The molecule has 0 bridgehead atoms. The van der Waals surface area contributed by atoms with Crippen LogP contribution in [0.1, 0.15) is 19.3 Å². The summed E-state index contributed by atoms with van der Waals surface area (Å²) in [6, 6.07) is 5.33. The Morgan fingerprint density at radius 2 is 1.89 bits per heavy atom. The molecule has 0 spiro atoms. The fourth-order valence-corrected chi connectivity index (χ4v) is 4.73. The third-order valence-corrected chi connectivity index (χ3v) is 6.26. The second-order valence-electron chi connectivity index (χ2n) is 7.21. The molecular formula is C19H27FN4O2S. The smallest absolute Gasteiger partial charge is 0.319 e. The number of likely N-dealkylation sites (tertiary alicyclic amines) is 1. The lowest BCUT2D eigenvalue weighted by Gasteiger charge is -2.33. The highest BCUT2D eigenvalue weighted by Crippen LogP contribution is 2.22. The van der Waals surface area contributed by atoms with Crippen molar-refractivity contribution in [1.82, 2.24) is 15.5 Å². The third kappa shape index (κ3) is 6.30. The Morgan fingerprint density at radius 3 is 2.63 bits per heavy atom. The van der Waals surface area contributed by atoms with Gasteiger partial charge in [0.25, 0.3) is 0 Å². The van der Waals surface area contributed by atoms with E-state index in [1.54, 1.807) is 0 Å². The van der Waals surface area contributed by atoms with Crippen LogP contribution >= 0.6 is 11.8 Å². The summed E-state index contributed by atoms with van der Waals surface area (Å²) >= 11 is 1.95. The van der Waals surface area contributed by atoms with Crippen molar-refractivity contribution >= 4 is 29.5 Å². The molecule has 2 fully saturated rings. The van der Waals surface area contributed by atoms with E-state index >= 15 is 0 Å². The zero-order chi connectivity index (χ0) is 19.1. The molecule has 0 aliphatic carbocycles. The fourth-order valence-electron chi connectivity index (χ4n) is 3.45. The molecule has 2 atom stereocenters. The van der Waals surface area contributed by atoms with Gasteiger partial charge in [0.05, 0.1) is 0 Å². The number of hydrogen-bond acceptors (Lipinski definition) is 3. The van der Waals surface area contributed by atoms with Crippen molar-refractivity contribution in [3.05, 3.63) is 30.1 Å². The lowest BCUT2D eigenvalue weighted by Crippen LogP contribution is -2.48. The number of rotatable bonds is 5. The zero-order valence-corrected chi connectivity index (χ0v) is 16.2. The number of hydrogen-bond donors (Lipinski definition) is 3. The van der Waals surface area contributed by atoms with E-state index in [1.807, 2.05) is 16.7 Å². The molecule has 4 amide bonds. The number of carbonyl (C=O) groups is 2. The average Bonchev–Trinajstić information content (AvgIpc) is 3.20. The Hall–Kier alpha value is -1.96. The maximum absolute atomic E-state index is 12.9. The number of halogens is 1. The average molecular weight is 395 g/mol. The fraction of sp³-hybridized carbons (Fsp3) is 0.579. The summed E-state index contributed by atoms with van der Waals surface area (Å²) in [5.41, 5.74) is 0.545. The Bertz CT molecular complexity index is 637. The first-order valence-electron chi connectivity index (χ1n) is 9.51. The van der Waals surface area contributed by atoms with Crippen LogP contribution in [0.15, 0.2) is 24.3 Å². The second kappa shape index (κ2) is 9.82. The SMILES string of the molecule is O=C(NCC1CCCN(C(=O)NCC2CCSC2)C1)Nc1ccc(F)cc1. The number of urea groups is 2. The highest BCUT2D eigenvalue weighted by Gasteiger charge is 2.25. The standard InChI is InChI=1S/C19H27FN4O2S/c20-16-3-5-17(6-4-16)23-18(25)21-10-14-2-1-8-24(12-14)19(26)22-11-15-7-9-27-13-15/h3-6,14-15H,1-2,7-13H2,(H,22,26)(H2,21,23,25). The lowest BCUT2D eigenvalue weighted by atomic mass is 9.98. The van der Waals surface area contributed by atoms with Crippen LogP contribution in [-0.2, 0) is 0 Å². The number of nitrogens with one attached hydrogen (secondary N) is 3. The van der Waals surface area contributed by atoms with Gasteiger partial charge in [-0.3, -0.25) is 0 Å². The molecule has 2 unspecified atom stereocenters. The first kappa shape index (κ1) is 19.8. The minimum atomic E-state index is -0.340. The van der Waals surface area contributed by atoms with Crippen molar-refractivity contribution in [2.24, 2.45) is 11.8 Å². The summed E-state index contributed by atoms with van der Waals surface area (Å²) in [4.78, 5) is 26.2. The number of thioether (sulfide) groups is 1. The van der Waals surface area contributed by atoms with Gasteiger partial charge in [0, 0.05) is 31.9 Å². The predicted molar refractivity (Wildman–Crippen MR) is 107 cm³/mol. The summed E-state index contributed by atoms with van der Waals surface area (Å²) in [5.74, 6) is 2.82. The van der Waals surface area contributed by atoms with E-state index in [0.717, 1.165) is 31.7 Å². The summed E-state index contributed by atoms with van der Waals surface area (Å²) in [7, 11) is 0. The van der Waals surface area contributed by atoms with Crippen molar-refractivity contribution < 1.29 is 14.0 Å². The Balaban J connectivity index is 1.37. The first-order valence-corrected chi connectivity index (χ1v) is 10.7. The molecule has 3 rings (SSSR count). The third-order valence-electron chi connectivity index (χ3n) is 5.03. The molecule has 2 aliphatic heterocycles. The van der Waals surface area contributed by atoms with Crippen molar-refractivity contribution in [2.45, 2.75) is 19.3 Å². The quantitative estimate of drug-likeness (QED) is 0.718. The molecule has 0 saturated carbocycles. The molecule has 0 radical (unpaired) electrons. The molecule has 3 N–H and O–H groups in total. The molecule has 1 aromatic carbocycles. The Morgan fingerprint density at radius 1 is 1.11 bits per heavy atom. The van der Waals surface area contributed by atoms with Crippen LogP contribution in [0.2, 0.25) is 0 Å². The van der Waals surface area contributed by atoms with Gasteiger partial charge in [-0.05, 0) is 66.9 Å². The summed E-state index contributed by atoms with van der Waals surface area (Å²) in [6.45, 7) is 2.69. The molecule has 27 heavy (non-hydrogen) atoms. The number of anilines is 1. The second-order valence-corrected chi connectivity index (χ2v) is 8.36. The predicted octanol–water partition coefficient (Wildman–Crippen LogP) is 3.12. The highest BCUT2D eigenvalue weighted by atomic mass is 32.2. The van der Waals surface area contributed by atoms with Crippen LogP contribution in [0.5, 0.6) is 0 Å². The van der Waals surface area contributed by atoms with E-state index in [4.69, 9.17) is 0 Å². The Kier molecular flexibility index (Phi) is 7.20. The molecule has 8 heteroatoms. The molecule has 2 saturated heterocycles. The van der Waals surface area contributed by atoms with Crippen LogP contribution in [-0.4, -0.2) is 54.6 Å². The minimum absolute atomic E-state index is 0.00682. The number of amides is 4. The topological polar surface area (TPSA) is 73.5 Å². The van der Waals surface area contributed by atoms with E-state index in [-0.39, 0.29) is 23.8 Å². The maximum Gasteiger partial charge on any atom is 0.319 e. The molecule has 0 aromatic heterocycles. The van der Waals surface area contributed by atoms with E-state index < -0.39 is 0 Å². The van der Waals surface area contributed by atoms with E-state index in [2.05, 4.69) is 16.0 Å². The number of benzene rings is 1. The summed E-state index contributed by atoms with van der Waals surface area (Å²) in [6.07, 6.45) is 3.11. The first-order chi connectivity index (χ1) is 13.1. The van der Waals surface area contributed by atoms with Crippen LogP contribution in [0.25, 0.3) is 0 Å². The van der Waals surface area contributed by atoms with Crippen LogP contribution < -0.4 is 16.0 Å². The Labute approximate surface area is 163 Å². The molecule has 6 nitrogen and oxygen atoms in total. The number of carbonyl (C=O) groups excluding carboxylic acids is 2. The van der Waals surface area contributed by atoms with Gasteiger partial charge in [0.1, 0.15) is 5.82 Å². The van der Waals surface area contributed by atoms with Gasteiger partial charge >= 0.3 is 12.1 Å². The van der Waals surface area contributed by atoms with Crippen molar-refractivity contribution in [1.29, 1.82) is 0 Å². The van der Waals surface area contributed by atoms with Gasteiger partial charge in [0.15, 0.2) is 0 Å². The molecule has 2 heterocycles.